The van der Waals surface area contributed by atoms with Gasteiger partial charge in [-0.15, -0.1) is 0 Å². The van der Waals surface area contributed by atoms with Gasteiger partial charge in [0.2, 0.25) is 18.7 Å². The molecule has 2 aliphatic carbocycles. The molecule has 4 N–H and O–H groups in total. The van der Waals surface area contributed by atoms with Crippen LogP contribution in [0.3, 0.4) is 0 Å². The molecule has 0 radical (unpaired) electrons. The molecule has 6 rings (SSSR count). The highest BCUT2D eigenvalue weighted by atomic mass is 16.2. The average Bonchev–Trinajstić information content (AvgIpc) is 4.08. The Hall–Kier alpha value is -4.21. The number of rotatable bonds is 15. The van der Waals surface area contributed by atoms with Crippen molar-refractivity contribution in [2.75, 3.05) is 39.8 Å². The van der Waals surface area contributed by atoms with Gasteiger partial charge >= 0.3 is 0 Å². The van der Waals surface area contributed by atoms with E-state index in [0.717, 1.165) is 57.1 Å². The van der Waals surface area contributed by atoms with E-state index in [1.165, 1.54) is 76.2 Å². The van der Waals surface area contributed by atoms with Gasteiger partial charge in [0, 0.05) is 50.9 Å². The van der Waals surface area contributed by atoms with E-state index in [0.29, 0.717) is 37.0 Å². The monoisotopic (exact) mass is 734 g/mol. The minimum absolute atomic E-state index is 0.0245. The van der Waals surface area contributed by atoms with E-state index in [1.54, 1.807) is 36.2 Å². The number of nitrogens with one attached hydrogen (secondary N) is 2. The summed E-state index contributed by atoms with van der Waals surface area (Å²) < 4.78 is 0. The molecule has 4 fully saturated rings. The van der Waals surface area contributed by atoms with Crippen LogP contribution in [0, 0.1) is 11.8 Å². The zero-order valence-electron chi connectivity index (χ0n) is 32.7. The van der Waals surface area contributed by atoms with E-state index in [2.05, 4.69) is 54.8 Å². The van der Waals surface area contributed by atoms with Crippen LogP contribution in [0.5, 0.6) is 0 Å². The summed E-state index contributed by atoms with van der Waals surface area (Å²) >= 11 is 0. The Kier molecular flexibility index (Phi) is 23.2. The smallest absolute Gasteiger partial charge is 0.253 e. The highest BCUT2D eigenvalue weighted by Crippen LogP contribution is 2.39. The van der Waals surface area contributed by atoms with Gasteiger partial charge in [-0.25, -0.2) is 0 Å². The third-order valence-corrected chi connectivity index (χ3v) is 9.74. The molecule has 1 atom stereocenters. The molecule has 0 bridgehead atoms. The van der Waals surface area contributed by atoms with Crippen LogP contribution < -0.4 is 16.4 Å². The first-order valence-electron chi connectivity index (χ1n) is 20.1. The van der Waals surface area contributed by atoms with Crippen molar-refractivity contribution < 1.29 is 24.0 Å². The molecule has 53 heavy (non-hydrogen) atoms. The molecule has 2 saturated heterocycles. The molecule has 2 aliphatic heterocycles. The lowest BCUT2D eigenvalue weighted by molar-refractivity contribution is -0.121. The van der Waals surface area contributed by atoms with Crippen molar-refractivity contribution in [2.24, 2.45) is 17.6 Å². The van der Waals surface area contributed by atoms with Crippen molar-refractivity contribution in [2.45, 2.75) is 116 Å². The Morgan fingerprint density at radius 1 is 0.717 bits per heavy atom. The number of hydrogen-bond acceptors (Lipinski definition) is 5. The predicted octanol–water partition coefficient (Wildman–Crippen LogP) is 7.09. The van der Waals surface area contributed by atoms with Gasteiger partial charge in [0.1, 0.15) is 0 Å². The number of unbranched alkanes of at least 4 members (excludes halogenated alkanes) is 7. The second-order valence-electron chi connectivity index (χ2n) is 14.5. The Bertz CT molecular complexity index is 1310. The molecule has 10 heteroatoms. The van der Waals surface area contributed by atoms with Gasteiger partial charge in [0.25, 0.3) is 11.8 Å². The minimum atomic E-state index is -0.355. The standard InChI is InChI=1S/C17H21N3O3.C11H23NO.C9H10.C4H8.C2H5NO/c18-15(21)14-7-10-20(11-14)17(23)13-5-3-12(4-6-13)16(22)19-8-1-2-9-19;1-2-3-4-5-6-7-8-9-10-12-11-13;1-2-4-8(5-3-1)9-6-7-9;1-4-2-3-4;1-3-2-4/h3-6,14H,1-2,7-11H2,(H2,18,21);11H,2-10H2,1H3,(H,12,13);1-5,9H,6-7H2;4H,2-3H2,1H3;2H,1H3,(H,3,4). The van der Waals surface area contributed by atoms with E-state index < -0.39 is 0 Å². The number of amides is 5. The second-order valence-corrected chi connectivity index (χ2v) is 14.5. The summed E-state index contributed by atoms with van der Waals surface area (Å²) in [6, 6.07) is 17.5. The maximum atomic E-state index is 12.4. The number of carbonyl (C=O) groups excluding carboxylic acids is 5. The van der Waals surface area contributed by atoms with Crippen molar-refractivity contribution in [3.05, 3.63) is 71.3 Å². The highest BCUT2D eigenvalue weighted by molar-refractivity contribution is 5.98. The van der Waals surface area contributed by atoms with Crippen molar-refractivity contribution in [1.29, 1.82) is 0 Å². The van der Waals surface area contributed by atoms with E-state index in [-0.39, 0.29) is 23.6 Å². The first kappa shape index (κ1) is 44.9. The van der Waals surface area contributed by atoms with Gasteiger partial charge in [-0.1, -0.05) is 102 Å². The lowest BCUT2D eigenvalue weighted by Crippen LogP contribution is -2.32. The first-order chi connectivity index (χ1) is 25.7. The fourth-order valence-corrected chi connectivity index (χ4v) is 5.95. The lowest BCUT2D eigenvalue weighted by Gasteiger charge is -2.17. The number of primary amides is 1. The fraction of sp³-hybridized carbons (Fsp3) is 0.605. The van der Waals surface area contributed by atoms with Crippen molar-refractivity contribution in [3.8, 4) is 0 Å². The Morgan fingerprint density at radius 2 is 1.23 bits per heavy atom. The van der Waals surface area contributed by atoms with Crippen LogP contribution in [0.4, 0.5) is 0 Å². The van der Waals surface area contributed by atoms with E-state index >= 15 is 0 Å². The van der Waals surface area contributed by atoms with Gasteiger partial charge in [-0.3, -0.25) is 24.0 Å². The van der Waals surface area contributed by atoms with E-state index in [1.807, 2.05) is 4.90 Å². The van der Waals surface area contributed by atoms with Gasteiger partial charge in [-0.2, -0.15) is 0 Å². The third kappa shape index (κ3) is 20.0. The summed E-state index contributed by atoms with van der Waals surface area (Å²) in [6.45, 7) is 7.90. The van der Waals surface area contributed by atoms with Crippen molar-refractivity contribution in [3.63, 3.8) is 0 Å². The van der Waals surface area contributed by atoms with Crippen molar-refractivity contribution in [1.82, 2.24) is 20.4 Å². The Labute approximate surface area is 319 Å². The molecule has 0 spiro atoms. The molecule has 4 aliphatic rings. The van der Waals surface area contributed by atoms with Gasteiger partial charge in [0.05, 0.1) is 5.92 Å². The quantitative estimate of drug-likeness (QED) is 0.132. The van der Waals surface area contributed by atoms with Crippen LogP contribution in [0.25, 0.3) is 0 Å². The Morgan fingerprint density at radius 3 is 1.66 bits per heavy atom. The summed E-state index contributed by atoms with van der Waals surface area (Å²) in [5.41, 5.74) is 7.96. The van der Waals surface area contributed by atoms with Crippen LogP contribution in [-0.4, -0.2) is 80.1 Å². The highest BCUT2D eigenvalue weighted by Gasteiger charge is 2.30. The largest absolute Gasteiger partial charge is 0.369 e. The summed E-state index contributed by atoms with van der Waals surface area (Å²) in [7, 11) is 1.56. The molecule has 2 heterocycles. The minimum Gasteiger partial charge on any atom is -0.369 e. The molecule has 2 aromatic carbocycles. The van der Waals surface area contributed by atoms with Gasteiger partial charge < -0.3 is 26.2 Å². The summed E-state index contributed by atoms with van der Waals surface area (Å²) in [5.74, 6) is 1.29. The summed E-state index contributed by atoms with van der Waals surface area (Å²) in [4.78, 5) is 58.4. The SMILES string of the molecule is CC1CC1.CCCCCCCCCCNC=O.CNC=O.NC(=O)C1CCN(C(=O)c2ccc(C(=O)N3CCCC3)cc2)C1.c1ccc(C2CC2)cc1. The molecular formula is C43H67N5O5. The number of nitrogens with two attached hydrogens (primary N) is 1. The van der Waals surface area contributed by atoms with Crippen LogP contribution in [-0.2, 0) is 14.4 Å². The number of nitrogens with zero attached hydrogens (tertiary/aromatic N) is 2. The van der Waals surface area contributed by atoms with Crippen molar-refractivity contribution >= 4 is 30.5 Å². The maximum absolute atomic E-state index is 12.4. The second kappa shape index (κ2) is 27.4. The molecule has 0 aromatic heterocycles. The zero-order chi connectivity index (χ0) is 38.7. The van der Waals surface area contributed by atoms with E-state index in [4.69, 9.17) is 10.5 Å². The molecular weight excluding hydrogens is 667 g/mol. The number of likely N-dealkylation sites (tertiary alicyclic amines) is 2. The normalized spacial score (nSPS) is 16.8. The molecule has 294 valence electrons. The topological polar surface area (TPSA) is 142 Å². The number of hydrogen-bond donors (Lipinski definition) is 3. The lowest BCUT2D eigenvalue weighted by atomic mass is 10.1. The average molecular weight is 734 g/mol. The molecule has 2 saturated carbocycles. The van der Waals surface area contributed by atoms with Crippen LogP contribution in [0.1, 0.15) is 142 Å². The number of carbonyl (C=O) groups is 5. The molecule has 10 nitrogen and oxygen atoms in total. The van der Waals surface area contributed by atoms with Crippen LogP contribution in [0.15, 0.2) is 54.6 Å². The van der Waals surface area contributed by atoms with Gasteiger partial charge in [0.15, 0.2) is 0 Å². The number of benzene rings is 2. The molecule has 5 amide bonds. The Balaban J connectivity index is 0.000000271. The van der Waals surface area contributed by atoms with Gasteiger partial charge in [-0.05, 0) is 80.2 Å². The molecule has 2 aromatic rings. The third-order valence-electron chi connectivity index (χ3n) is 9.74. The summed E-state index contributed by atoms with van der Waals surface area (Å²) in [5, 5.41) is 4.93. The van der Waals surface area contributed by atoms with Crippen LogP contribution in [0.2, 0.25) is 0 Å². The fourth-order valence-electron chi connectivity index (χ4n) is 5.95. The van der Waals surface area contributed by atoms with Crippen LogP contribution >= 0.6 is 0 Å². The molecule has 1 unspecified atom stereocenters. The summed E-state index contributed by atoms with van der Waals surface area (Å²) in [6.07, 6.45) is 20.5. The zero-order valence-corrected chi connectivity index (χ0v) is 32.7. The predicted molar refractivity (Wildman–Crippen MR) is 213 cm³/mol. The first-order valence-corrected chi connectivity index (χ1v) is 20.1. The maximum Gasteiger partial charge on any atom is 0.253 e. The van der Waals surface area contributed by atoms with E-state index in [9.17, 15) is 19.2 Å².